The molecule has 0 aliphatic rings. The maximum Gasteiger partial charge on any atom is 0.216 e. The molecule has 0 spiro atoms. The lowest BCUT2D eigenvalue weighted by atomic mass is 10.4. The zero-order valence-electron chi connectivity index (χ0n) is 9.40. The van der Waals surface area contributed by atoms with E-state index in [4.69, 9.17) is 0 Å². The average molecular weight is 218 g/mol. The number of nitrogens with zero attached hydrogens (tertiary/aromatic N) is 3. The summed E-state index contributed by atoms with van der Waals surface area (Å²) in [5.74, 6) is 0.897. The smallest absolute Gasteiger partial charge is 0.216 e. The van der Waals surface area contributed by atoms with Gasteiger partial charge < -0.3 is 9.88 Å². The Balaban J connectivity index is 2.22. The number of carbonyl (C=O) groups is 1. The van der Waals surface area contributed by atoms with E-state index in [0.717, 1.165) is 17.0 Å². The molecule has 0 aromatic carbocycles. The van der Waals surface area contributed by atoms with Crippen LogP contribution in [-0.2, 0) is 11.3 Å². The third-order valence-corrected chi connectivity index (χ3v) is 2.40. The minimum absolute atomic E-state index is 0.0185. The fourth-order valence-corrected chi connectivity index (χ4v) is 1.68. The number of hydrogen-bond donors (Lipinski definition) is 1. The Kier molecular flexibility index (Phi) is 2.85. The number of hydrogen-bond acceptors (Lipinski definition) is 3. The molecule has 5 nitrogen and oxygen atoms in total. The fourth-order valence-electron chi connectivity index (χ4n) is 1.68. The van der Waals surface area contributed by atoms with E-state index in [2.05, 4.69) is 15.3 Å². The second-order valence-corrected chi connectivity index (χ2v) is 3.64. The van der Waals surface area contributed by atoms with Crippen LogP contribution >= 0.6 is 0 Å². The Morgan fingerprint density at radius 1 is 1.56 bits per heavy atom. The standard InChI is InChI=1S/C11H14N4O/c1-8-14-10-4-3-5-13-11(10)15(8)7-6-12-9(2)16/h3-5H,6-7H2,1-2H3,(H,12,16). The summed E-state index contributed by atoms with van der Waals surface area (Å²) in [4.78, 5) is 19.5. The van der Waals surface area contributed by atoms with Crippen molar-refractivity contribution in [2.24, 2.45) is 0 Å². The van der Waals surface area contributed by atoms with Crippen LogP contribution in [-0.4, -0.2) is 27.0 Å². The number of amides is 1. The number of imidazole rings is 1. The van der Waals surface area contributed by atoms with E-state index in [0.29, 0.717) is 13.1 Å². The number of aromatic nitrogens is 3. The fraction of sp³-hybridized carbons (Fsp3) is 0.364. The lowest BCUT2D eigenvalue weighted by molar-refractivity contribution is -0.118. The summed E-state index contributed by atoms with van der Waals surface area (Å²) in [5, 5.41) is 2.76. The third-order valence-electron chi connectivity index (χ3n) is 2.40. The first-order valence-electron chi connectivity index (χ1n) is 5.21. The molecule has 0 atom stereocenters. The molecule has 0 aliphatic heterocycles. The average Bonchev–Trinajstić information content (AvgIpc) is 2.55. The zero-order chi connectivity index (χ0) is 11.5. The van der Waals surface area contributed by atoms with Crippen molar-refractivity contribution in [3.05, 3.63) is 24.2 Å². The van der Waals surface area contributed by atoms with Crippen molar-refractivity contribution in [3.63, 3.8) is 0 Å². The van der Waals surface area contributed by atoms with Gasteiger partial charge in [0.05, 0.1) is 0 Å². The summed E-state index contributed by atoms with van der Waals surface area (Å²) in [6.45, 7) is 4.74. The maximum atomic E-state index is 10.8. The van der Waals surface area contributed by atoms with Crippen molar-refractivity contribution >= 4 is 17.1 Å². The van der Waals surface area contributed by atoms with Gasteiger partial charge >= 0.3 is 0 Å². The minimum atomic E-state index is -0.0185. The van der Waals surface area contributed by atoms with Crippen molar-refractivity contribution in [2.45, 2.75) is 20.4 Å². The van der Waals surface area contributed by atoms with Gasteiger partial charge in [0.15, 0.2) is 5.65 Å². The first-order valence-corrected chi connectivity index (χ1v) is 5.21. The van der Waals surface area contributed by atoms with Gasteiger partial charge in [-0.3, -0.25) is 4.79 Å². The molecule has 1 amide bonds. The van der Waals surface area contributed by atoms with E-state index in [-0.39, 0.29) is 5.91 Å². The molecule has 0 aliphatic carbocycles. The summed E-state index contributed by atoms with van der Waals surface area (Å²) in [7, 11) is 0. The van der Waals surface area contributed by atoms with Crippen LogP contribution in [0.1, 0.15) is 12.7 Å². The molecule has 5 heteroatoms. The van der Waals surface area contributed by atoms with Crippen molar-refractivity contribution in [2.75, 3.05) is 6.54 Å². The van der Waals surface area contributed by atoms with Crippen molar-refractivity contribution in [3.8, 4) is 0 Å². The van der Waals surface area contributed by atoms with Crippen LogP contribution in [0.2, 0.25) is 0 Å². The number of fused-ring (bicyclic) bond motifs is 1. The van der Waals surface area contributed by atoms with Gasteiger partial charge in [-0.15, -0.1) is 0 Å². The van der Waals surface area contributed by atoms with E-state index in [1.165, 1.54) is 6.92 Å². The lowest BCUT2D eigenvalue weighted by Crippen LogP contribution is -2.24. The molecule has 0 fully saturated rings. The summed E-state index contributed by atoms with van der Waals surface area (Å²) in [6, 6.07) is 3.80. The van der Waals surface area contributed by atoms with Gasteiger partial charge in [0.2, 0.25) is 5.91 Å². The molecule has 2 aromatic rings. The molecule has 0 unspecified atom stereocenters. The third kappa shape index (κ3) is 2.03. The number of pyridine rings is 1. The number of nitrogens with one attached hydrogen (secondary N) is 1. The summed E-state index contributed by atoms with van der Waals surface area (Å²) < 4.78 is 2.01. The number of aryl methyl sites for hydroxylation is 1. The second kappa shape index (κ2) is 4.30. The molecular formula is C11H14N4O. The predicted molar refractivity (Wildman–Crippen MR) is 60.9 cm³/mol. The van der Waals surface area contributed by atoms with Crippen LogP contribution < -0.4 is 5.32 Å². The molecule has 0 saturated heterocycles. The first-order chi connectivity index (χ1) is 7.68. The van der Waals surface area contributed by atoms with Gasteiger partial charge in [-0.05, 0) is 19.1 Å². The highest BCUT2D eigenvalue weighted by Crippen LogP contribution is 2.11. The largest absolute Gasteiger partial charge is 0.355 e. The van der Waals surface area contributed by atoms with Crippen LogP contribution in [0.4, 0.5) is 0 Å². The Morgan fingerprint density at radius 2 is 2.38 bits per heavy atom. The summed E-state index contributed by atoms with van der Waals surface area (Å²) >= 11 is 0. The molecule has 1 N–H and O–H groups in total. The molecule has 84 valence electrons. The first kappa shape index (κ1) is 10.6. The highest BCUT2D eigenvalue weighted by molar-refractivity contribution is 5.73. The van der Waals surface area contributed by atoms with Crippen LogP contribution in [0, 0.1) is 6.92 Å². The Labute approximate surface area is 93.5 Å². The predicted octanol–water partition coefficient (Wildman–Crippen LogP) is 0.876. The van der Waals surface area contributed by atoms with Crippen LogP contribution in [0.5, 0.6) is 0 Å². The van der Waals surface area contributed by atoms with Gasteiger partial charge in [0, 0.05) is 26.2 Å². The normalized spacial score (nSPS) is 10.6. The van der Waals surface area contributed by atoms with Crippen LogP contribution in [0.25, 0.3) is 11.2 Å². The Morgan fingerprint density at radius 3 is 3.12 bits per heavy atom. The Bertz CT molecular complexity index is 518. The van der Waals surface area contributed by atoms with E-state index >= 15 is 0 Å². The van der Waals surface area contributed by atoms with Crippen molar-refractivity contribution < 1.29 is 4.79 Å². The van der Waals surface area contributed by atoms with Gasteiger partial charge in [-0.2, -0.15) is 0 Å². The van der Waals surface area contributed by atoms with Crippen molar-refractivity contribution in [1.82, 2.24) is 19.9 Å². The number of rotatable bonds is 3. The van der Waals surface area contributed by atoms with Gasteiger partial charge in [0.25, 0.3) is 0 Å². The van der Waals surface area contributed by atoms with Gasteiger partial charge in [-0.1, -0.05) is 0 Å². The summed E-state index contributed by atoms with van der Waals surface area (Å²) in [5.41, 5.74) is 1.76. The van der Waals surface area contributed by atoms with E-state index in [1.54, 1.807) is 6.20 Å². The van der Waals surface area contributed by atoms with Crippen LogP contribution in [0.15, 0.2) is 18.3 Å². The number of carbonyl (C=O) groups excluding carboxylic acids is 1. The van der Waals surface area contributed by atoms with E-state index in [9.17, 15) is 4.79 Å². The molecule has 0 bridgehead atoms. The Hall–Kier alpha value is -1.91. The van der Waals surface area contributed by atoms with E-state index in [1.807, 2.05) is 23.6 Å². The highest BCUT2D eigenvalue weighted by Gasteiger charge is 2.07. The van der Waals surface area contributed by atoms with Crippen molar-refractivity contribution in [1.29, 1.82) is 0 Å². The monoisotopic (exact) mass is 218 g/mol. The molecular weight excluding hydrogens is 204 g/mol. The van der Waals surface area contributed by atoms with Crippen LogP contribution in [0.3, 0.4) is 0 Å². The topological polar surface area (TPSA) is 59.8 Å². The molecule has 2 rings (SSSR count). The van der Waals surface area contributed by atoms with Gasteiger partial charge in [-0.25, -0.2) is 9.97 Å². The quantitative estimate of drug-likeness (QED) is 0.831. The van der Waals surface area contributed by atoms with E-state index < -0.39 is 0 Å². The highest BCUT2D eigenvalue weighted by atomic mass is 16.1. The second-order valence-electron chi connectivity index (χ2n) is 3.64. The molecule has 2 aromatic heterocycles. The molecule has 0 saturated carbocycles. The zero-order valence-corrected chi connectivity index (χ0v) is 9.40. The van der Waals surface area contributed by atoms with Gasteiger partial charge in [0.1, 0.15) is 11.3 Å². The SMILES string of the molecule is CC(=O)NCCn1c(C)nc2cccnc21. The molecule has 0 radical (unpaired) electrons. The summed E-state index contributed by atoms with van der Waals surface area (Å²) in [6.07, 6.45) is 1.75. The molecule has 16 heavy (non-hydrogen) atoms. The minimum Gasteiger partial charge on any atom is -0.355 e. The molecule has 2 heterocycles. The maximum absolute atomic E-state index is 10.8. The lowest BCUT2D eigenvalue weighted by Gasteiger charge is -2.06.